The number of aromatic nitrogens is 3. The van der Waals surface area contributed by atoms with Crippen molar-refractivity contribution in [3.8, 4) is 0 Å². The van der Waals surface area contributed by atoms with E-state index >= 15 is 0 Å². The Morgan fingerprint density at radius 1 is 1.28 bits per heavy atom. The second-order valence-electron chi connectivity index (χ2n) is 6.75. The summed E-state index contributed by atoms with van der Waals surface area (Å²) in [5, 5.41) is 13.7. The van der Waals surface area contributed by atoms with Gasteiger partial charge in [-0.25, -0.2) is 9.97 Å². The number of ketones is 1. The molecule has 3 aromatic rings. The van der Waals surface area contributed by atoms with Gasteiger partial charge in [-0.1, -0.05) is 0 Å². The molecule has 0 aliphatic carbocycles. The molecule has 0 spiro atoms. The third kappa shape index (κ3) is 3.42. The molecule has 1 amide bonds. The number of nitrogens with one attached hydrogen (secondary N) is 1. The molecule has 8 heteroatoms. The molecule has 0 bridgehead atoms. The van der Waals surface area contributed by atoms with Crippen LogP contribution < -0.4 is 10.1 Å². The molecule has 0 radical (unpaired) electrons. The zero-order valence-corrected chi connectivity index (χ0v) is 16.7. The van der Waals surface area contributed by atoms with Gasteiger partial charge in [-0.05, 0) is 43.4 Å². The average Bonchev–Trinajstić information content (AvgIpc) is 3.19. The number of carbonyl (C=O) groups is 2. The van der Waals surface area contributed by atoms with Crippen LogP contribution in [0, 0.1) is 13.8 Å². The number of hydrogen-bond donors (Lipinski definition) is 0. The van der Waals surface area contributed by atoms with Crippen molar-refractivity contribution in [1.29, 1.82) is 0 Å². The highest BCUT2D eigenvalue weighted by Crippen LogP contribution is 2.39. The van der Waals surface area contributed by atoms with Crippen LogP contribution in [0.5, 0.6) is 0 Å². The Labute approximate surface area is 171 Å². The van der Waals surface area contributed by atoms with Crippen LogP contribution in [-0.2, 0) is 11.3 Å². The van der Waals surface area contributed by atoms with Gasteiger partial charge in [0.05, 0.1) is 28.2 Å². The molecule has 29 heavy (non-hydrogen) atoms. The Hall–Kier alpha value is -3.39. The summed E-state index contributed by atoms with van der Waals surface area (Å²) in [7, 11) is 0. The molecular formula is C21H18N4O3S. The maximum Gasteiger partial charge on any atom is 0.240 e. The molecule has 0 saturated heterocycles. The highest BCUT2D eigenvalue weighted by Gasteiger charge is 2.40. The van der Waals surface area contributed by atoms with E-state index < -0.39 is 23.5 Å². The number of thiazole rings is 1. The number of H-pyrrole nitrogens is 1. The lowest BCUT2D eigenvalue weighted by atomic mass is 9.95. The van der Waals surface area contributed by atoms with Crippen LogP contribution in [0.4, 0.5) is 0 Å². The highest BCUT2D eigenvalue weighted by atomic mass is 32.1. The number of Topliss-reactive ketones (excluding diaryl/α,β-unsaturated/α-hetero) is 1. The summed E-state index contributed by atoms with van der Waals surface area (Å²) in [6.45, 7) is 3.74. The molecule has 7 nitrogen and oxygen atoms in total. The summed E-state index contributed by atoms with van der Waals surface area (Å²) in [4.78, 5) is 39.3. The first-order valence-electron chi connectivity index (χ1n) is 9.03. The Bertz CT molecular complexity index is 1110. The van der Waals surface area contributed by atoms with Gasteiger partial charge in [0.2, 0.25) is 11.7 Å². The van der Waals surface area contributed by atoms with Crippen LogP contribution in [-0.4, -0.2) is 26.6 Å². The van der Waals surface area contributed by atoms with Gasteiger partial charge in [-0.15, -0.1) is 11.3 Å². The van der Waals surface area contributed by atoms with Crippen LogP contribution in [0.2, 0.25) is 0 Å². The van der Waals surface area contributed by atoms with E-state index in [1.54, 1.807) is 50.8 Å². The molecule has 146 valence electrons. The fraction of sp³-hybridized carbons (Fsp3) is 0.190. The quantitative estimate of drug-likeness (QED) is 0.599. The molecule has 3 aromatic heterocycles. The van der Waals surface area contributed by atoms with E-state index in [1.807, 2.05) is 12.1 Å². The monoisotopic (exact) mass is 406 g/mol. The van der Waals surface area contributed by atoms with Crippen molar-refractivity contribution in [3.05, 3.63) is 87.1 Å². The first kappa shape index (κ1) is 18.9. The van der Waals surface area contributed by atoms with Crippen LogP contribution in [0.1, 0.15) is 37.5 Å². The van der Waals surface area contributed by atoms with Gasteiger partial charge in [0.15, 0.2) is 12.4 Å². The number of aromatic amines is 1. The lowest BCUT2D eigenvalue weighted by Gasteiger charge is -2.27. The third-order valence-electron chi connectivity index (χ3n) is 4.79. The van der Waals surface area contributed by atoms with Crippen molar-refractivity contribution >= 4 is 23.0 Å². The lowest BCUT2D eigenvalue weighted by Crippen LogP contribution is -2.32. The number of nitrogens with zero attached hydrogens (tertiary/aromatic N) is 3. The normalized spacial score (nSPS) is 16.6. The summed E-state index contributed by atoms with van der Waals surface area (Å²) in [6, 6.07) is 6.34. The minimum atomic E-state index is -0.771. The number of amides is 1. The van der Waals surface area contributed by atoms with E-state index in [4.69, 9.17) is 0 Å². The first-order chi connectivity index (χ1) is 14.0. The van der Waals surface area contributed by atoms with Gasteiger partial charge in [0.25, 0.3) is 0 Å². The predicted octanol–water partition coefficient (Wildman–Crippen LogP) is 1.55. The van der Waals surface area contributed by atoms with E-state index in [1.165, 1.54) is 16.2 Å². The van der Waals surface area contributed by atoms with Gasteiger partial charge in [-0.2, -0.15) is 0 Å². The van der Waals surface area contributed by atoms with Gasteiger partial charge < -0.3 is 10.0 Å². The Kier molecular flexibility index (Phi) is 4.94. The molecule has 0 fully saturated rings. The summed E-state index contributed by atoms with van der Waals surface area (Å²) in [5.41, 5.74) is 2.02. The van der Waals surface area contributed by atoms with Gasteiger partial charge >= 0.3 is 0 Å². The van der Waals surface area contributed by atoms with Crippen molar-refractivity contribution in [3.63, 3.8) is 0 Å². The topological polar surface area (TPSA) is 100 Å². The number of aryl methyl sites for hydroxylation is 2. The summed E-state index contributed by atoms with van der Waals surface area (Å²) < 4.78 is 0. The number of pyridine rings is 2. The summed E-state index contributed by atoms with van der Waals surface area (Å²) in [6.07, 6.45) is 6.69. The zero-order valence-electron chi connectivity index (χ0n) is 15.9. The van der Waals surface area contributed by atoms with Gasteiger partial charge in [-0.3, -0.25) is 14.6 Å². The van der Waals surface area contributed by atoms with Crippen molar-refractivity contribution in [2.24, 2.45) is 0 Å². The van der Waals surface area contributed by atoms with E-state index in [9.17, 15) is 14.7 Å². The molecule has 0 saturated carbocycles. The molecule has 1 aliphatic rings. The Balaban J connectivity index is 1.81. The second kappa shape index (κ2) is 7.56. The number of hydrogen-bond acceptors (Lipinski definition) is 6. The molecule has 1 unspecified atom stereocenters. The Morgan fingerprint density at radius 2 is 2.03 bits per heavy atom. The molecule has 4 heterocycles. The number of carbonyl (C=O) groups excluding carboxylic acids is 2. The highest BCUT2D eigenvalue weighted by molar-refractivity contribution is 7.14. The van der Waals surface area contributed by atoms with E-state index in [0.29, 0.717) is 16.1 Å². The average molecular weight is 406 g/mol. The van der Waals surface area contributed by atoms with E-state index in [-0.39, 0.29) is 12.1 Å². The first-order valence-corrected chi connectivity index (χ1v) is 9.85. The predicted molar refractivity (Wildman–Crippen MR) is 103 cm³/mol. The molecule has 1 N–H and O–H groups in total. The van der Waals surface area contributed by atoms with E-state index in [0.717, 1.165) is 10.6 Å². The largest absolute Gasteiger partial charge is 0.868 e. The minimum Gasteiger partial charge on any atom is -0.868 e. The molecule has 4 rings (SSSR count). The molecular weight excluding hydrogens is 388 g/mol. The minimum absolute atomic E-state index is 0.0344. The molecule has 1 aliphatic heterocycles. The summed E-state index contributed by atoms with van der Waals surface area (Å²) in [5.74, 6) is -1.88. The maximum atomic E-state index is 13.3. The Morgan fingerprint density at radius 3 is 2.66 bits per heavy atom. The second-order valence-corrected chi connectivity index (χ2v) is 7.95. The third-order valence-corrected chi connectivity index (χ3v) is 5.86. The standard InChI is InChI=1S/C21H18N4O3S/c1-12-20(29-13(2)24-12)18(26)16-17(15-5-8-22-9-6-15)25(21(28)19(16)27)11-14-4-3-7-23-10-14/h3-10,17,27H,11H2,1-2H3. The maximum absolute atomic E-state index is 13.3. The summed E-state index contributed by atoms with van der Waals surface area (Å²) >= 11 is 1.23. The molecule has 1 atom stereocenters. The van der Waals surface area contributed by atoms with Crippen molar-refractivity contribution < 1.29 is 19.7 Å². The number of rotatable bonds is 5. The molecule has 0 aromatic carbocycles. The van der Waals surface area contributed by atoms with Crippen LogP contribution in [0.3, 0.4) is 0 Å². The zero-order chi connectivity index (χ0) is 20.5. The van der Waals surface area contributed by atoms with Crippen molar-refractivity contribution in [1.82, 2.24) is 14.9 Å². The fourth-order valence-electron chi connectivity index (χ4n) is 3.52. The fourth-order valence-corrected chi connectivity index (χ4v) is 4.39. The van der Waals surface area contributed by atoms with Gasteiger partial charge in [0.1, 0.15) is 0 Å². The van der Waals surface area contributed by atoms with E-state index in [2.05, 4.69) is 15.0 Å². The smallest absolute Gasteiger partial charge is 0.240 e. The lowest BCUT2D eigenvalue weighted by molar-refractivity contribution is -0.378. The van der Waals surface area contributed by atoms with Crippen LogP contribution in [0.25, 0.3) is 0 Å². The van der Waals surface area contributed by atoms with Crippen molar-refractivity contribution in [2.75, 3.05) is 0 Å². The van der Waals surface area contributed by atoms with Crippen LogP contribution in [0.15, 0.2) is 60.4 Å². The van der Waals surface area contributed by atoms with Gasteiger partial charge in [0, 0.05) is 29.6 Å². The SMILES string of the molecule is Cc1nc(C)c(C(=O)C2=C([O-])C(=O)N(Cc3ccc[nH+]c3)C2c2ccncc2)s1. The van der Waals surface area contributed by atoms with Crippen LogP contribution >= 0.6 is 11.3 Å². The van der Waals surface area contributed by atoms with Crippen molar-refractivity contribution in [2.45, 2.75) is 26.4 Å².